The first-order valence-corrected chi connectivity index (χ1v) is 13.2. The number of pyridine rings is 1. The summed E-state index contributed by atoms with van der Waals surface area (Å²) >= 11 is 6.53. The van der Waals surface area contributed by atoms with Gasteiger partial charge in [-0.25, -0.2) is 4.98 Å². The molecule has 1 N–H and O–H groups in total. The lowest BCUT2D eigenvalue weighted by molar-refractivity contribution is 0.117. The minimum Gasteiger partial charge on any atom is -0.492 e. The van der Waals surface area contributed by atoms with Crippen LogP contribution in [0.15, 0.2) is 84.0 Å². The molecule has 2 aliphatic rings. The predicted octanol–water partition coefficient (Wildman–Crippen LogP) is 5.61. The summed E-state index contributed by atoms with van der Waals surface area (Å²) in [5, 5.41) is 14.0. The third-order valence-corrected chi connectivity index (χ3v) is 8.12. The molecule has 38 heavy (non-hydrogen) atoms. The van der Waals surface area contributed by atoms with Crippen LogP contribution in [0.2, 0.25) is 5.02 Å². The van der Waals surface area contributed by atoms with Gasteiger partial charge in [-0.2, -0.15) is 0 Å². The Kier molecular flexibility index (Phi) is 5.25. The molecular formula is C31H26ClN3O3. The third-order valence-electron chi connectivity index (χ3n) is 7.80. The highest BCUT2D eigenvalue weighted by molar-refractivity contribution is 6.32. The molecule has 0 spiro atoms. The van der Waals surface area contributed by atoms with Crippen molar-refractivity contribution in [1.82, 2.24) is 14.1 Å². The fraction of sp³-hybridized carbons (Fsp3) is 0.226. The number of aliphatic hydroxyl groups is 1. The quantitative estimate of drug-likeness (QED) is 0.326. The number of fused-ring (bicyclic) bond motifs is 6. The van der Waals surface area contributed by atoms with Crippen LogP contribution in [-0.4, -0.2) is 25.8 Å². The first-order valence-electron chi connectivity index (χ1n) is 12.8. The number of hydrogen-bond donors (Lipinski definition) is 1. The molecule has 5 aromatic rings. The zero-order chi connectivity index (χ0) is 26.0. The van der Waals surface area contributed by atoms with E-state index in [4.69, 9.17) is 16.3 Å². The summed E-state index contributed by atoms with van der Waals surface area (Å²) in [5.41, 5.74) is 4.14. The van der Waals surface area contributed by atoms with E-state index in [2.05, 4.69) is 17.1 Å². The molecule has 1 unspecified atom stereocenters. The van der Waals surface area contributed by atoms with Crippen molar-refractivity contribution in [1.29, 1.82) is 0 Å². The van der Waals surface area contributed by atoms with Gasteiger partial charge >= 0.3 is 0 Å². The van der Waals surface area contributed by atoms with E-state index in [1.54, 1.807) is 24.7 Å². The Morgan fingerprint density at radius 3 is 2.66 bits per heavy atom. The molecule has 2 aromatic heterocycles. The van der Waals surface area contributed by atoms with E-state index in [1.165, 1.54) is 0 Å². The lowest BCUT2D eigenvalue weighted by atomic mass is 9.82. The lowest BCUT2D eigenvalue weighted by Gasteiger charge is -2.31. The summed E-state index contributed by atoms with van der Waals surface area (Å²) in [6.07, 6.45) is 6.02. The first kappa shape index (κ1) is 23.3. The van der Waals surface area contributed by atoms with Gasteiger partial charge in [0.25, 0.3) is 5.56 Å². The molecule has 190 valence electrons. The molecule has 3 aromatic carbocycles. The predicted molar refractivity (Wildman–Crippen MR) is 148 cm³/mol. The molecule has 6 nitrogen and oxygen atoms in total. The number of benzene rings is 3. The van der Waals surface area contributed by atoms with Gasteiger partial charge in [0, 0.05) is 31.0 Å². The van der Waals surface area contributed by atoms with Crippen molar-refractivity contribution in [2.24, 2.45) is 7.05 Å². The summed E-state index contributed by atoms with van der Waals surface area (Å²) in [4.78, 5) is 17.7. The van der Waals surface area contributed by atoms with Crippen LogP contribution in [-0.2, 0) is 19.1 Å². The van der Waals surface area contributed by atoms with Crippen LogP contribution in [0.25, 0.3) is 22.0 Å². The van der Waals surface area contributed by atoms with E-state index in [9.17, 15) is 9.90 Å². The number of aryl methyl sites for hydroxylation is 1. The largest absolute Gasteiger partial charge is 0.492 e. The van der Waals surface area contributed by atoms with Crippen LogP contribution >= 0.6 is 11.6 Å². The molecule has 7 rings (SSSR count). The van der Waals surface area contributed by atoms with Gasteiger partial charge in [0.2, 0.25) is 0 Å². The number of aromatic nitrogens is 3. The highest BCUT2D eigenvalue weighted by Gasteiger charge is 2.38. The zero-order valence-corrected chi connectivity index (χ0v) is 21.7. The second-order valence-electron chi connectivity index (χ2n) is 10.3. The Morgan fingerprint density at radius 1 is 1.05 bits per heavy atom. The van der Waals surface area contributed by atoms with Crippen LogP contribution < -0.4 is 10.3 Å². The van der Waals surface area contributed by atoms with E-state index in [0.717, 1.165) is 40.4 Å². The second kappa shape index (κ2) is 8.58. The molecule has 6 bridgehead atoms. The van der Waals surface area contributed by atoms with Crippen molar-refractivity contribution in [3.05, 3.63) is 117 Å². The monoisotopic (exact) mass is 523 g/mol. The smallest absolute Gasteiger partial charge is 0.251 e. The summed E-state index contributed by atoms with van der Waals surface area (Å²) in [6, 6.07) is 21.5. The molecule has 1 atom stereocenters. The summed E-state index contributed by atoms with van der Waals surface area (Å²) in [7, 11) is 1.86. The van der Waals surface area contributed by atoms with E-state index < -0.39 is 5.60 Å². The van der Waals surface area contributed by atoms with Crippen molar-refractivity contribution >= 4 is 22.5 Å². The Balaban J connectivity index is 1.60. The molecule has 7 heteroatoms. The van der Waals surface area contributed by atoms with Gasteiger partial charge in [-0.1, -0.05) is 48.0 Å². The second-order valence-corrected chi connectivity index (χ2v) is 10.7. The number of halogens is 1. The maximum Gasteiger partial charge on any atom is 0.251 e. The fourth-order valence-corrected chi connectivity index (χ4v) is 5.88. The van der Waals surface area contributed by atoms with Gasteiger partial charge in [-0.15, -0.1) is 0 Å². The Morgan fingerprint density at radius 2 is 1.87 bits per heavy atom. The van der Waals surface area contributed by atoms with Gasteiger partial charge in [0.15, 0.2) is 5.60 Å². The highest BCUT2D eigenvalue weighted by atomic mass is 35.5. The summed E-state index contributed by atoms with van der Waals surface area (Å²) < 4.78 is 9.85. The minimum atomic E-state index is -1.55. The van der Waals surface area contributed by atoms with Gasteiger partial charge in [0.05, 0.1) is 35.4 Å². The van der Waals surface area contributed by atoms with Gasteiger partial charge in [0.1, 0.15) is 5.75 Å². The van der Waals surface area contributed by atoms with Crippen molar-refractivity contribution in [2.45, 2.75) is 30.9 Å². The molecule has 0 amide bonds. The first-order chi connectivity index (χ1) is 18.4. The maximum absolute atomic E-state index is 13.4. The lowest BCUT2D eigenvalue weighted by Crippen LogP contribution is -2.31. The van der Waals surface area contributed by atoms with Crippen molar-refractivity contribution in [3.8, 4) is 16.9 Å². The van der Waals surface area contributed by atoms with Gasteiger partial charge in [-0.05, 0) is 64.9 Å². The van der Waals surface area contributed by atoms with Gasteiger partial charge in [-0.3, -0.25) is 4.79 Å². The molecule has 1 aliphatic carbocycles. The van der Waals surface area contributed by atoms with E-state index in [-0.39, 0.29) is 11.6 Å². The van der Waals surface area contributed by atoms with Crippen LogP contribution in [0.4, 0.5) is 0 Å². The minimum absolute atomic E-state index is 0.00171. The van der Waals surface area contributed by atoms with Crippen LogP contribution in [0.5, 0.6) is 5.75 Å². The number of imidazole rings is 1. The standard InChI is InChI=1S/C31H26ClN3O3/c1-34-18-33-17-29(34)31(37)21-6-10-27-25(14-21)24(16-30(36)35(27)23-7-8-23)20-4-2-3-19(13-20)11-12-38-28-15-22(31)5-9-26(28)32/h2-6,9-10,13-18,23,37H,7-8,11-12H2,1H3. The Bertz CT molecular complexity index is 1790. The van der Waals surface area contributed by atoms with E-state index in [1.807, 2.05) is 58.6 Å². The molecule has 1 saturated carbocycles. The normalized spacial score (nSPS) is 18.8. The van der Waals surface area contributed by atoms with Crippen molar-refractivity contribution in [3.63, 3.8) is 0 Å². The van der Waals surface area contributed by atoms with E-state index in [0.29, 0.717) is 40.6 Å². The Hall–Kier alpha value is -3.87. The number of nitrogens with zero attached hydrogens (tertiary/aromatic N) is 3. The van der Waals surface area contributed by atoms with Crippen molar-refractivity contribution < 1.29 is 9.84 Å². The SMILES string of the molecule is Cn1cncc1C1(O)c2ccc(Cl)c(c2)OCCc2cccc(c2)-c2cc(=O)n(C3CC3)c3ccc1cc23. The van der Waals surface area contributed by atoms with E-state index >= 15 is 0 Å². The molecule has 0 saturated heterocycles. The third kappa shape index (κ3) is 3.59. The highest BCUT2D eigenvalue weighted by Crippen LogP contribution is 2.43. The van der Waals surface area contributed by atoms with Crippen LogP contribution in [0, 0.1) is 0 Å². The number of ether oxygens (including phenoxy) is 1. The summed E-state index contributed by atoms with van der Waals surface area (Å²) in [6.45, 7) is 0.417. The average Bonchev–Trinajstić information content (AvgIpc) is 3.66. The van der Waals surface area contributed by atoms with Gasteiger partial charge < -0.3 is 19.0 Å². The molecule has 1 fully saturated rings. The maximum atomic E-state index is 13.4. The Labute approximate surface area is 224 Å². The van der Waals surface area contributed by atoms with Crippen LogP contribution in [0.1, 0.15) is 41.3 Å². The number of rotatable bonds is 2. The molecule has 0 radical (unpaired) electrons. The average molecular weight is 524 g/mol. The fourth-order valence-electron chi connectivity index (χ4n) is 5.71. The zero-order valence-electron chi connectivity index (χ0n) is 20.9. The molecule has 3 heterocycles. The number of hydrogen-bond acceptors (Lipinski definition) is 4. The molecule has 1 aliphatic heterocycles. The van der Waals surface area contributed by atoms with Crippen LogP contribution in [0.3, 0.4) is 0 Å². The summed E-state index contributed by atoms with van der Waals surface area (Å²) in [5.74, 6) is 0.516. The molecular weight excluding hydrogens is 498 g/mol. The topological polar surface area (TPSA) is 69.3 Å². The van der Waals surface area contributed by atoms with Crippen molar-refractivity contribution in [2.75, 3.05) is 6.61 Å².